The number of rotatable bonds is 3. The molecule has 98 valence electrons. The number of halogens is 1. The molecule has 1 aromatic carbocycles. The molecule has 0 unspecified atom stereocenters. The van der Waals surface area contributed by atoms with Crippen molar-refractivity contribution >= 4 is 28.5 Å². The van der Waals surface area contributed by atoms with Crippen molar-refractivity contribution in [3.8, 4) is 0 Å². The van der Waals surface area contributed by atoms with Gasteiger partial charge in [-0.1, -0.05) is 31.4 Å². The monoisotopic (exact) mass is 357 g/mol. The lowest BCUT2D eigenvalue weighted by Crippen LogP contribution is -2.33. The van der Waals surface area contributed by atoms with Crippen molar-refractivity contribution in [2.75, 3.05) is 0 Å². The molecule has 1 amide bonds. The maximum absolute atomic E-state index is 12.1. The molecule has 0 radical (unpaired) electrons. The van der Waals surface area contributed by atoms with Gasteiger partial charge in [0.05, 0.1) is 6.04 Å². The Kier molecular flexibility index (Phi) is 5.03. The predicted octanol–water partition coefficient (Wildman–Crippen LogP) is 4.05. The van der Waals surface area contributed by atoms with Gasteiger partial charge < -0.3 is 5.32 Å². The van der Waals surface area contributed by atoms with E-state index in [-0.39, 0.29) is 17.9 Å². The first-order valence-electron chi connectivity index (χ1n) is 6.72. The number of carbonyl (C=O) groups excluding carboxylic acids is 1. The zero-order valence-electron chi connectivity index (χ0n) is 10.8. The Bertz CT molecular complexity index is 395. The molecule has 0 bridgehead atoms. The van der Waals surface area contributed by atoms with Crippen LogP contribution in [0.1, 0.15) is 50.6 Å². The van der Waals surface area contributed by atoms with Gasteiger partial charge in [-0.2, -0.15) is 0 Å². The molecular weight excluding hydrogens is 337 g/mol. The van der Waals surface area contributed by atoms with Crippen LogP contribution in [0.5, 0.6) is 0 Å². The molecular formula is C15H20INO. The number of hydrogen-bond donors (Lipinski definition) is 1. The first-order valence-corrected chi connectivity index (χ1v) is 7.80. The summed E-state index contributed by atoms with van der Waals surface area (Å²) < 4.78 is 1.22. The minimum atomic E-state index is 0.108. The van der Waals surface area contributed by atoms with E-state index < -0.39 is 0 Å². The van der Waals surface area contributed by atoms with Crippen molar-refractivity contribution in [2.45, 2.75) is 45.1 Å². The van der Waals surface area contributed by atoms with Crippen LogP contribution in [0.2, 0.25) is 0 Å². The maximum Gasteiger partial charge on any atom is 0.223 e. The molecule has 3 heteroatoms. The molecule has 1 N–H and O–H groups in total. The van der Waals surface area contributed by atoms with Crippen LogP contribution in [-0.2, 0) is 4.79 Å². The number of amides is 1. The van der Waals surface area contributed by atoms with E-state index in [2.05, 4.69) is 59.1 Å². The summed E-state index contributed by atoms with van der Waals surface area (Å²) in [7, 11) is 0. The molecule has 1 aromatic rings. The van der Waals surface area contributed by atoms with Crippen molar-refractivity contribution in [2.24, 2.45) is 5.92 Å². The van der Waals surface area contributed by atoms with E-state index in [0.717, 1.165) is 12.8 Å². The van der Waals surface area contributed by atoms with Crippen LogP contribution >= 0.6 is 22.6 Å². The summed E-state index contributed by atoms with van der Waals surface area (Å²) >= 11 is 2.29. The third-order valence-corrected chi connectivity index (χ3v) is 4.42. The van der Waals surface area contributed by atoms with Gasteiger partial charge in [0.25, 0.3) is 0 Å². The predicted molar refractivity (Wildman–Crippen MR) is 82.3 cm³/mol. The van der Waals surface area contributed by atoms with Gasteiger partial charge in [-0.25, -0.2) is 0 Å². The minimum absolute atomic E-state index is 0.108. The number of hydrogen-bond acceptors (Lipinski definition) is 1. The van der Waals surface area contributed by atoms with E-state index >= 15 is 0 Å². The van der Waals surface area contributed by atoms with Crippen molar-refractivity contribution < 1.29 is 4.79 Å². The molecule has 2 rings (SSSR count). The van der Waals surface area contributed by atoms with Crippen LogP contribution < -0.4 is 5.32 Å². The highest BCUT2D eigenvalue weighted by atomic mass is 127. The third-order valence-electron chi connectivity index (χ3n) is 3.70. The average molecular weight is 357 g/mol. The quantitative estimate of drug-likeness (QED) is 0.813. The first-order chi connectivity index (χ1) is 8.66. The van der Waals surface area contributed by atoms with Gasteiger partial charge in [0, 0.05) is 9.49 Å². The standard InChI is InChI=1S/C15H20INO/c1-11(12-7-9-14(16)10-8-12)17-15(18)13-5-3-2-4-6-13/h7-11,13H,2-6H2,1H3,(H,17,18)/t11-/m1/s1. The zero-order valence-corrected chi connectivity index (χ0v) is 12.9. The summed E-state index contributed by atoms with van der Waals surface area (Å²) in [5.41, 5.74) is 1.18. The minimum Gasteiger partial charge on any atom is -0.349 e. The van der Waals surface area contributed by atoms with Crippen molar-refractivity contribution in [3.05, 3.63) is 33.4 Å². The Morgan fingerprint density at radius 3 is 2.44 bits per heavy atom. The van der Waals surface area contributed by atoms with Crippen LogP contribution in [0.15, 0.2) is 24.3 Å². The summed E-state index contributed by atoms with van der Waals surface area (Å²) in [6.45, 7) is 2.06. The Hall–Kier alpha value is -0.580. The number of nitrogens with one attached hydrogen (secondary N) is 1. The molecule has 0 spiro atoms. The van der Waals surface area contributed by atoms with Gasteiger partial charge in [0.15, 0.2) is 0 Å². The van der Waals surface area contributed by atoms with Gasteiger partial charge >= 0.3 is 0 Å². The van der Waals surface area contributed by atoms with E-state index in [0.29, 0.717) is 0 Å². The SMILES string of the molecule is C[C@@H](NC(=O)C1CCCCC1)c1ccc(I)cc1. The highest BCUT2D eigenvalue weighted by Crippen LogP contribution is 2.24. The molecule has 0 heterocycles. The van der Waals surface area contributed by atoms with Gasteiger partial charge in [0.1, 0.15) is 0 Å². The number of benzene rings is 1. The molecule has 18 heavy (non-hydrogen) atoms. The van der Waals surface area contributed by atoms with Crippen molar-refractivity contribution in [1.82, 2.24) is 5.32 Å². The molecule has 1 aliphatic rings. The van der Waals surface area contributed by atoms with Crippen LogP contribution in [0.3, 0.4) is 0 Å². The average Bonchev–Trinajstić information content (AvgIpc) is 2.40. The molecule has 1 fully saturated rings. The van der Waals surface area contributed by atoms with E-state index in [4.69, 9.17) is 0 Å². The van der Waals surface area contributed by atoms with E-state index in [1.807, 2.05) is 0 Å². The molecule has 2 nitrogen and oxygen atoms in total. The van der Waals surface area contributed by atoms with Crippen LogP contribution in [0.25, 0.3) is 0 Å². The number of carbonyl (C=O) groups is 1. The lowest BCUT2D eigenvalue weighted by Gasteiger charge is -2.23. The highest BCUT2D eigenvalue weighted by Gasteiger charge is 2.22. The summed E-state index contributed by atoms with van der Waals surface area (Å²) in [4.78, 5) is 12.1. The second-order valence-corrected chi connectivity index (χ2v) is 6.36. The van der Waals surface area contributed by atoms with E-state index in [1.54, 1.807) is 0 Å². The normalized spacial score (nSPS) is 18.3. The van der Waals surface area contributed by atoms with Crippen LogP contribution in [0.4, 0.5) is 0 Å². The Labute approximate surface area is 123 Å². The van der Waals surface area contributed by atoms with Gasteiger partial charge in [-0.05, 0) is 60.1 Å². The summed E-state index contributed by atoms with van der Waals surface area (Å²) in [6.07, 6.45) is 5.82. The zero-order chi connectivity index (χ0) is 13.0. The molecule has 1 atom stereocenters. The molecule has 0 aliphatic heterocycles. The molecule has 1 aliphatic carbocycles. The van der Waals surface area contributed by atoms with E-state index in [1.165, 1.54) is 28.4 Å². The molecule has 1 saturated carbocycles. The fraction of sp³-hybridized carbons (Fsp3) is 0.533. The van der Waals surface area contributed by atoms with Crippen molar-refractivity contribution in [1.29, 1.82) is 0 Å². The lowest BCUT2D eigenvalue weighted by atomic mass is 9.88. The second-order valence-electron chi connectivity index (χ2n) is 5.12. The lowest BCUT2D eigenvalue weighted by molar-refractivity contribution is -0.126. The summed E-state index contributed by atoms with van der Waals surface area (Å²) in [5, 5.41) is 3.14. The van der Waals surface area contributed by atoms with Gasteiger partial charge in [-0.15, -0.1) is 0 Å². The summed E-state index contributed by atoms with van der Waals surface area (Å²) in [6, 6.07) is 8.45. The van der Waals surface area contributed by atoms with Crippen LogP contribution in [-0.4, -0.2) is 5.91 Å². The largest absolute Gasteiger partial charge is 0.349 e. The fourth-order valence-corrected chi connectivity index (χ4v) is 2.89. The fourth-order valence-electron chi connectivity index (χ4n) is 2.53. The van der Waals surface area contributed by atoms with Crippen molar-refractivity contribution in [3.63, 3.8) is 0 Å². The molecule has 0 saturated heterocycles. The summed E-state index contributed by atoms with van der Waals surface area (Å²) in [5.74, 6) is 0.478. The Morgan fingerprint density at radius 2 is 1.83 bits per heavy atom. The van der Waals surface area contributed by atoms with Crippen LogP contribution in [0, 0.1) is 9.49 Å². The molecule has 0 aromatic heterocycles. The van der Waals surface area contributed by atoms with Gasteiger partial charge in [0.2, 0.25) is 5.91 Å². The Morgan fingerprint density at radius 1 is 1.22 bits per heavy atom. The third kappa shape index (κ3) is 3.70. The second kappa shape index (κ2) is 6.55. The smallest absolute Gasteiger partial charge is 0.223 e. The topological polar surface area (TPSA) is 29.1 Å². The highest BCUT2D eigenvalue weighted by molar-refractivity contribution is 14.1. The maximum atomic E-state index is 12.1. The van der Waals surface area contributed by atoms with E-state index in [9.17, 15) is 4.79 Å². The first kappa shape index (κ1) is 13.8. The van der Waals surface area contributed by atoms with Gasteiger partial charge in [-0.3, -0.25) is 4.79 Å². The Balaban J connectivity index is 1.91.